The van der Waals surface area contributed by atoms with E-state index in [9.17, 15) is 17.2 Å². The molecule has 0 heterocycles. The molecule has 0 unspecified atom stereocenters. The van der Waals surface area contributed by atoms with Crippen molar-refractivity contribution in [3.63, 3.8) is 0 Å². The number of hydrogen-bond donors (Lipinski definition) is 1. The summed E-state index contributed by atoms with van der Waals surface area (Å²) in [7, 11) is -4.31. The van der Waals surface area contributed by atoms with E-state index >= 15 is 0 Å². The average Bonchev–Trinajstić information content (AvgIpc) is 2.98. The Morgan fingerprint density at radius 2 is 1.58 bits per heavy atom. The molecule has 2 aromatic carbocycles. The fourth-order valence-electron chi connectivity index (χ4n) is 2.99. The average molecular weight is 370 g/mol. The summed E-state index contributed by atoms with van der Waals surface area (Å²) < 4.78 is 51.1. The zero-order valence-corrected chi connectivity index (χ0v) is 14.1. The lowest BCUT2D eigenvalue weighted by Crippen LogP contribution is -2.15. The number of benzene rings is 2. The topological polar surface area (TPSA) is 60.2 Å². The Morgan fingerprint density at radius 3 is 2.21 bits per heavy atom. The SMILES string of the molecule is NS(=O)(=O)c1cc(F)c(C2=C(c3ccc(Cl)cc3)CCC2)cc1F. The van der Waals surface area contributed by atoms with E-state index in [1.54, 1.807) is 12.1 Å². The van der Waals surface area contributed by atoms with Crippen molar-refractivity contribution in [1.29, 1.82) is 0 Å². The summed E-state index contributed by atoms with van der Waals surface area (Å²) in [5.74, 6) is -1.85. The van der Waals surface area contributed by atoms with Crippen LogP contribution in [-0.2, 0) is 10.0 Å². The van der Waals surface area contributed by atoms with E-state index in [1.165, 1.54) is 0 Å². The molecule has 24 heavy (non-hydrogen) atoms. The molecule has 2 N–H and O–H groups in total. The van der Waals surface area contributed by atoms with Gasteiger partial charge in [0.25, 0.3) is 0 Å². The van der Waals surface area contributed by atoms with Gasteiger partial charge in [-0.1, -0.05) is 23.7 Å². The van der Waals surface area contributed by atoms with Crippen molar-refractivity contribution in [2.24, 2.45) is 5.14 Å². The first kappa shape index (κ1) is 17.1. The van der Waals surface area contributed by atoms with E-state index in [0.29, 0.717) is 23.1 Å². The second kappa shape index (κ2) is 6.27. The molecule has 0 radical (unpaired) electrons. The Balaban J connectivity index is 2.15. The van der Waals surface area contributed by atoms with Crippen LogP contribution in [0.25, 0.3) is 11.1 Å². The molecule has 126 valence electrons. The fraction of sp³-hybridized carbons (Fsp3) is 0.176. The summed E-state index contributed by atoms with van der Waals surface area (Å²) in [5, 5.41) is 5.49. The first-order valence-electron chi connectivity index (χ1n) is 7.27. The number of hydrogen-bond acceptors (Lipinski definition) is 2. The van der Waals surface area contributed by atoms with Crippen LogP contribution in [0.3, 0.4) is 0 Å². The van der Waals surface area contributed by atoms with Gasteiger partial charge in [0.1, 0.15) is 16.5 Å². The van der Waals surface area contributed by atoms with Gasteiger partial charge in [0.05, 0.1) is 0 Å². The van der Waals surface area contributed by atoms with Gasteiger partial charge < -0.3 is 0 Å². The zero-order valence-electron chi connectivity index (χ0n) is 12.5. The molecule has 0 atom stereocenters. The molecule has 0 amide bonds. The molecule has 0 aromatic heterocycles. The molecule has 3 rings (SSSR count). The molecule has 2 aromatic rings. The third-order valence-electron chi connectivity index (χ3n) is 4.06. The van der Waals surface area contributed by atoms with Crippen molar-refractivity contribution in [3.05, 3.63) is 64.2 Å². The summed E-state index contributed by atoms with van der Waals surface area (Å²) in [4.78, 5) is -0.838. The molecule has 0 bridgehead atoms. The van der Waals surface area contributed by atoms with Crippen LogP contribution in [0.1, 0.15) is 30.4 Å². The Hall–Kier alpha value is -1.76. The fourth-order valence-corrected chi connectivity index (χ4v) is 3.71. The minimum absolute atomic E-state index is 0.0716. The van der Waals surface area contributed by atoms with Gasteiger partial charge in [-0.3, -0.25) is 0 Å². The predicted molar refractivity (Wildman–Crippen MR) is 89.8 cm³/mol. The first-order valence-corrected chi connectivity index (χ1v) is 9.20. The lowest BCUT2D eigenvalue weighted by Gasteiger charge is -2.11. The van der Waals surface area contributed by atoms with Crippen LogP contribution >= 0.6 is 11.6 Å². The van der Waals surface area contributed by atoms with Gasteiger partial charge in [-0.15, -0.1) is 0 Å². The maximum Gasteiger partial charge on any atom is 0.241 e. The van der Waals surface area contributed by atoms with Crippen molar-refractivity contribution in [2.45, 2.75) is 24.2 Å². The van der Waals surface area contributed by atoms with Gasteiger partial charge in [0.15, 0.2) is 0 Å². The molecule has 1 aliphatic carbocycles. The number of allylic oxidation sites excluding steroid dienone is 2. The van der Waals surface area contributed by atoms with E-state index in [0.717, 1.165) is 30.0 Å². The summed E-state index contributed by atoms with van der Waals surface area (Å²) in [6.07, 6.45) is 2.13. The van der Waals surface area contributed by atoms with Gasteiger partial charge in [-0.25, -0.2) is 22.3 Å². The minimum Gasteiger partial charge on any atom is -0.225 e. The van der Waals surface area contributed by atoms with Gasteiger partial charge in [0, 0.05) is 10.6 Å². The van der Waals surface area contributed by atoms with Crippen LogP contribution in [0.4, 0.5) is 8.78 Å². The van der Waals surface area contributed by atoms with Gasteiger partial charge in [-0.2, -0.15) is 0 Å². The predicted octanol–water partition coefficient (Wildman–Crippen LogP) is 4.36. The van der Waals surface area contributed by atoms with Crippen LogP contribution in [0.15, 0.2) is 41.3 Å². The molecule has 7 heteroatoms. The summed E-state index contributed by atoms with van der Waals surface area (Å²) in [6.45, 7) is 0. The van der Waals surface area contributed by atoms with Crippen molar-refractivity contribution >= 4 is 32.8 Å². The normalized spacial score (nSPS) is 15.2. The first-order chi connectivity index (χ1) is 11.3. The van der Waals surface area contributed by atoms with Crippen molar-refractivity contribution < 1.29 is 17.2 Å². The molecule has 0 spiro atoms. The number of nitrogens with two attached hydrogens (primary N) is 1. The zero-order chi connectivity index (χ0) is 17.5. The van der Waals surface area contributed by atoms with Gasteiger partial charge in [-0.05, 0) is 60.2 Å². The Morgan fingerprint density at radius 1 is 0.958 bits per heavy atom. The number of sulfonamides is 1. The number of halogens is 3. The molecule has 1 aliphatic rings. The minimum atomic E-state index is -4.31. The quantitative estimate of drug-likeness (QED) is 0.873. The van der Waals surface area contributed by atoms with Crippen molar-refractivity contribution in [1.82, 2.24) is 0 Å². The van der Waals surface area contributed by atoms with Crippen LogP contribution in [0.5, 0.6) is 0 Å². The van der Waals surface area contributed by atoms with Crippen LogP contribution < -0.4 is 5.14 Å². The van der Waals surface area contributed by atoms with Crippen molar-refractivity contribution in [3.8, 4) is 0 Å². The highest BCUT2D eigenvalue weighted by Gasteiger charge is 2.24. The van der Waals surface area contributed by atoms with E-state index in [-0.39, 0.29) is 5.56 Å². The highest BCUT2D eigenvalue weighted by molar-refractivity contribution is 7.89. The van der Waals surface area contributed by atoms with E-state index in [4.69, 9.17) is 16.7 Å². The molecule has 0 saturated carbocycles. The second-order valence-corrected chi connectivity index (χ2v) is 7.59. The highest BCUT2D eigenvalue weighted by atomic mass is 35.5. The van der Waals surface area contributed by atoms with Crippen LogP contribution in [0, 0.1) is 11.6 Å². The Bertz CT molecular complexity index is 938. The van der Waals surface area contributed by atoms with Crippen LogP contribution in [0.2, 0.25) is 5.02 Å². The lowest BCUT2D eigenvalue weighted by atomic mass is 9.96. The molecule has 3 nitrogen and oxygen atoms in total. The summed E-state index contributed by atoms with van der Waals surface area (Å²) >= 11 is 5.88. The molecule has 0 fully saturated rings. The standard InChI is InChI=1S/C17H14ClF2NO2S/c18-11-6-4-10(5-7-11)12-2-1-3-13(12)14-8-16(20)17(9-15(14)19)24(21,22)23/h4-9H,1-3H2,(H2,21,22,23). The summed E-state index contributed by atoms with van der Waals surface area (Å²) in [6, 6.07) is 8.68. The highest BCUT2D eigenvalue weighted by Crippen LogP contribution is 2.41. The third kappa shape index (κ3) is 3.22. The Labute approximate surface area is 143 Å². The largest absolute Gasteiger partial charge is 0.241 e. The molecular weight excluding hydrogens is 356 g/mol. The smallest absolute Gasteiger partial charge is 0.225 e. The lowest BCUT2D eigenvalue weighted by molar-refractivity contribution is 0.552. The second-order valence-electron chi connectivity index (χ2n) is 5.63. The van der Waals surface area contributed by atoms with Crippen molar-refractivity contribution in [2.75, 3.05) is 0 Å². The van der Waals surface area contributed by atoms with Crippen LogP contribution in [-0.4, -0.2) is 8.42 Å². The van der Waals surface area contributed by atoms with E-state index in [1.807, 2.05) is 12.1 Å². The molecular formula is C17H14ClF2NO2S. The Kier molecular flexibility index (Phi) is 4.46. The van der Waals surface area contributed by atoms with Gasteiger partial charge >= 0.3 is 0 Å². The van der Waals surface area contributed by atoms with Gasteiger partial charge in [0.2, 0.25) is 10.0 Å². The molecule has 0 aliphatic heterocycles. The maximum absolute atomic E-state index is 14.4. The number of primary sulfonamides is 1. The van der Waals surface area contributed by atoms with E-state index in [2.05, 4.69) is 0 Å². The number of rotatable bonds is 3. The monoisotopic (exact) mass is 369 g/mol. The van der Waals surface area contributed by atoms with E-state index < -0.39 is 26.6 Å². The maximum atomic E-state index is 14.4. The summed E-state index contributed by atoms with van der Waals surface area (Å²) in [5.41, 5.74) is 2.55. The molecule has 0 saturated heterocycles. The third-order valence-corrected chi connectivity index (χ3v) is 5.24.